The van der Waals surface area contributed by atoms with E-state index in [4.69, 9.17) is 10.2 Å². The van der Waals surface area contributed by atoms with Gasteiger partial charge in [-0.3, -0.25) is 0 Å². The Hall–Kier alpha value is -0.770. The average Bonchev–Trinajstić information content (AvgIpc) is 2.28. The summed E-state index contributed by atoms with van der Waals surface area (Å²) >= 11 is 0. The number of rotatable bonds is 5. The highest BCUT2D eigenvalue weighted by Gasteiger charge is 2.21. The largest absolute Gasteiger partial charge is 0.465 e. The van der Waals surface area contributed by atoms with Crippen LogP contribution in [0.4, 0.5) is 4.79 Å². The SMILES string of the molecule is CN(CCC1CCC(CCO)CC1)C(=O)O. The Bertz CT molecular complexity index is 212. The van der Waals surface area contributed by atoms with Crippen molar-refractivity contribution in [3.8, 4) is 0 Å². The maximum absolute atomic E-state index is 10.6. The van der Waals surface area contributed by atoms with Gasteiger partial charge in [-0.1, -0.05) is 25.7 Å². The molecule has 94 valence electrons. The Balaban J connectivity index is 2.14. The minimum atomic E-state index is -0.839. The summed E-state index contributed by atoms with van der Waals surface area (Å²) in [6.07, 6.45) is 5.85. The summed E-state index contributed by atoms with van der Waals surface area (Å²) in [7, 11) is 1.62. The minimum Gasteiger partial charge on any atom is -0.465 e. The predicted octanol–water partition coefficient (Wildman–Crippen LogP) is 2.18. The summed E-state index contributed by atoms with van der Waals surface area (Å²) in [4.78, 5) is 12.0. The fourth-order valence-corrected chi connectivity index (χ4v) is 2.46. The van der Waals surface area contributed by atoms with Crippen molar-refractivity contribution < 1.29 is 15.0 Å². The third-order valence-corrected chi connectivity index (χ3v) is 3.70. The normalized spacial score (nSPS) is 25.4. The van der Waals surface area contributed by atoms with Gasteiger partial charge in [-0.15, -0.1) is 0 Å². The second-order valence-corrected chi connectivity index (χ2v) is 4.89. The van der Waals surface area contributed by atoms with Gasteiger partial charge in [0, 0.05) is 20.2 Å². The number of aliphatic hydroxyl groups excluding tert-OH is 1. The van der Waals surface area contributed by atoms with Crippen LogP contribution < -0.4 is 0 Å². The lowest BCUT2D eigenvalue weighted by atomic mass is 9.79. The molecule has 0 saturated heterocycles. The predicted molar refractivity (Wildman–Crippen MR) is 62.4 cm³/mol. The second-order valence-electron chi connectivity index (χ2n) is 4.89. The highest BCUT2D eigenvalue weighted by molar-refractivity contribution is 5.64. The van der Waals surface area contributed by atoms with Crippen molar-refractivity contribution in [1.82, 2.24) is 4.90 Å². The van der Waals surface area contributed by atoms with Gasteiger partial charge >= 0.3 is 6.09 Å². The maximum Gasteiger partial charge on any atom is 0.407 e. The summed E-state index contributed by atoms with van der Waals surface area (Å²) in [6.45, 7) is 0.946. The third-order valence-electron chi connectivity index (χ3n) is 3.70. The molecule has 0 aromatic carbocycles. The zero-order valence-corrected chi connectivity index (χ0v) is 10.1. The first-order valence-electron chi connectivity index (χ1n) is 6.18. The summed E-state index contributed by atoms with van der Waals surface area (Å²) in [5.41, 5.74) is 0. The number of carbonyl (C=O) groups is 1. The molecule has 2 N–H and O–H groups in total. The molecular formula is C12H23NO3. The first kappa shape index (κ1) is 13.3. The van der Waals surface area contributed by atoms with E-state index in [1.54, 1.807) is 7.05 Å². The van der Waals surface area contributed by atoms with E-state index in [2.05, 4.69) is 0 Å². The third kappa shape index (κ3) is 4.39. The van der Waals surface area contributed by atoms with Crippen LogP contribution in [0, 0.1) is 11.8 Å². The molecule has 1 rings (SSSR count). The fraction of sp³-hybridized carbons (Fsp3) is 0.917. The number of amides is 1. The Labute approximate surface area is 97.3 Å². The van der Waals surface area contributed by atoms with Crippen molar-refractivity contribution in [3.05, 3.63) is 0 Å². The fourth-order valence-electron chi connectivity index (χ4n) is 2.46. The van der Waals surface area contributed by atoms with Gasteiger partial charge in [0.2, 0.25) is 0 Å². The lowest BCUT2D eigenvalue weighted by Crippen LogP contribution is -2.28. The van der Waals surface area contributed by atoms with Crippen LogP contribution >= 0.6 is 0 Å². The first-order valence-corrected chi connectivity index (χ1v) is 6.18. The molecule has 0 radical (unpaired) electrons. The second kappa shape index (κ2) is 6.74. The number of carboxylic acid groups (broad SMARTS) is 1. The molecule has 0 atom stereocenters. The van der Waals surface area contributed by atoms with Crippen LogP contribution in [0.3, 0.4) is 0 Å². The van der Waals surface area contributed by atoms with Crippen LogP contribution in [0.1, 0.15) is 38.5 Å². The molecule has 4 nitrogen and oxygen atoms in total. The molecular weight excluding hydrogens is 206 g/mol. The number of aliphatic hydroxyl groups is 1. The van der Waals surface area contributed by atoms with Gasteiger partial charge in [-0.2, -0.15) is 0 Å². The van der Waals surface area contributed by atoms with Gasteiger partial charge in [0.05, 0.1) is 0 Å². The molecule has 1 saturated carbocycles. The van der Waals surface area contributed by atoms with E-state index in [-0.39, 0.29) is 0 Å². The highest BCUT2D eigenvalue weighted by atomic mass is 16.4. The molecule has 16 heavy (non-hydrogen) atoms. The average molecular weight is 229 g/mol. The molecule has 1 aliphatic carbocycles. The van der Waals surface area contributed by atoms with E-state index in [0.717, 1.165) is 12.8 Å². The van der Waals surface area contributed by atoms with E-state index in [1.165, 1.54) is 30.6 Å². The van der Waals surface area contributed by atoms with Crippen molar-refractivity contribution in [2.75, 3.05) is 20.2 Å². The van der Waals surface area contributed by atoms with Crippen LogP contribution in [0.15, 0.2) is 0 Å². The summed E-state index contributed by atoms with van der Waals surface area (Å²) in [5, 5.41) is 17.6. The van der Waals surface area contributed by atoms with Crippen LogP contribution in [0.2, 0.25) is 0 Å². The molecule has 0 heterocycles. The van der Waals surface area contributed by atoms with E-state index in [9.17, 15) is 4.79 Å². The standard InChI is InChI=1S/C12H23NO3/c1-13(12(15)16)8-6-10-2-4-11(5-3-10)7-9-14/h10-11,14H,2-9H2,1H3,(H,15,16). The quantitative estimate of drug-likeness (QED) is 0.759. The molecule has 0 unspecified atom stereocenters. The molecule has 0 spiro atoms. The van der Waals surface area contributed by atoms with Gasteiger partial charge in [-0.05, 0) is 24.7 Å². The Morgan fingerprint density at radius 3 is 2.12 bits per heavy atom. The zero-order valence-electron chi connectivity index (χ0n) is 10.1. The van der Waals surface area contributed by atoms with Gasteiger partial charge < -0.3 is 15.1 Å². The van der Waals surface area contributed by atoms with Crippen molar-refractivity contribution in [2.24, 2.45) is 11.8 Å². The topological polar surface area (TPSA) is 60.8 Å². The van der Waals surface area contributed by atoms with E-state index in [1.807, 2.05) is 0 Å². The van der Waals surface area contributed by atoms with E-state index in [0.29, 0.717) is 25.0 Å². The number of nitrogens with zero attached hydrogens (tertiary/aromatic N) is 1. The monoisotopic (exact) mass is 229 g/mol. The van der Waals surface area contributed by atoms with Gasteiger partial charge in [0.1, 0.15) is 0 Å². The molecule has 4 heteroatoms. The van der Waals surface area contributed by atoms with E-state index < -0.39 is 6.09 Å². The smallest absolute Gasteiger partial charge is 0.407 e. The first-order chi connectivity index (χ1) is 7.63. The van der Waals surface area contributed by atoms with Gasteiger partial charge in [0.25, 0.3) is 0 Å². The maximum atomic E-state index is 10.6. The van der Waals surface area contributed by atoms with Crippen LogP contribution in [0.5, 0.6) is 0 Å². The lowest BCUT2D eigenvalue weighted by molar-refractivity contribution is 0.148. The molecule has 0 aromatic rings. The van der Waals surface area contributed by atoms with Crippen molar-refractivity contribution in [3.63, 3.8) is 0 Å². The van der Waals surface area contributed by atoms with Crippen molar-refractivity contribution in [2.45, 2.75) is 38.5 Å². The molecule has 1 aliphatic rings. The Morgan fingerprint density at radius 1 is 1.19 bits per heavy atom. The number of hydrogen-bond acceptors (Lipinski definition) is 2. The summed E-state index contributed by atoms with van der Waals surface area (Å²) < 4.78 is 0. The lowest BCUT2D eigenvalue weighted by Gasteiger charge is -2.29. The Kier molecular flexibility index (Phi) is 5.60. The minimum absolute atomic E-state index is 0.303. The van der Waals surface area contributed by atoms with Crippen molar-refractivity contribution >= 4 is 6.09 Å². The van der Waals surface area contributed by atoms with Gasteiger partial charge in [-0.25, -0.2) is 4.79 Å². The molecule has 0 bridgehead atoms. The summed E-state index contributed by atoms with van der Waals surface area (Å²) in [6, 6.07) is 0. The Morgan fingerprint density at radius 2 is 1.69 bits per heavy atom. The molecule has 1 fully saturated rings. The summed E-state index contributed by atoms with van der Waals surface area (Å²) in [5.74, 6) is 1.37. The van der Waals surface area contributed by atoms with Gasteiger partial charge in [0.15, 0.2) is 0 Å². The van der Waals surface area contributed by atoms with Crippen LogP contribution in [0.25, 0.3) is 0 Å². The molecule has 1 amide bonds. The van der Waals surface area contributed by atoms with Crippen LogP contribution in [-0.2, 0) is 0 Å². The van der Waals surface area contributed by atoms with Crippen molar-refractivity contribution in [1.29, 1.82) is 0 Å². The molecule has 0 aromatic heterocycles. The number of hydrogen-bond donors (Lipinski definition) is 2. The van der Waals surface area contributed by atoms with E-state index >= 15 is 0 Å². The molecule has 0 aliphatic heterocycles. The van der Waals surface area contributed by atoms with Crippen LogP contribution in [-0.4, -0.2) is 41.4 Å². The zero-order chi connectivity index (χ0) is 12.0. The highest BCUT2D eigenvalue weighted by Crippen LogP contribution is 2.32.